The molecule has 5 nitrogen and oxygen atoms in total. The lowest BCUT2D eigenvalue weighted by Gasteiger charge is -2.18. The summed E-state index contributed by atoms with van der Waals surface area (Å²) >= 11 is 0. The Hall–Kier alpha value is -1.10. The Labute approximate surface area is 77.5 Å². The summed E-state index contributed by atoms with van der Waals surface area (Å²) in [4.78, 5) is 25.4. The Morgan fingerprint density at radius 2 is 2.31 bits per heavy atom. The van der Waals surface area contributed by atoms with E-state index in [-0.39, 0.29) is 24.4 Å². The molecule has 0 spiro atoms. The van der Waals surface area contributed by atoms with Crippen molar-refractivity contribution in [2.45, 2.75) is 12.5 Å². The van der Waals surface area contributed by atoms with E-state index in [9.17, 15) is 9.59 Å². The van der Waals surface area contributed by atoms with Crippen molar-refractivity contribution in [1.29, 1.82) is 0 Å². The van der Waals surface area contributed by atoms with Crippen LogP contribution in [-0.2, 0) is 9.59 Å². The minimum Gasteiger partial charge on any atom is -0.347 e. The molecule has 0 radical (unpaired) electrons. The van der Waals surface area contributed by atoms with Gasteiger partial charge in [-0.3, -0.25) is 9.59 Å². The number of amides is 2. The van der Waals surface area contributed by atoms with Gasteiger partial charge in [0.2, 0.25) is 11.8 Å². The molecule has 13 heavy (non-hydrogen) atoms. The second-order valence-electron chi connectivity index (χ2n) is 3.53. The fourth-order valence-corrected chi connectivity index (χ4v) is 1.26. The molecule has 1 saturated heterocycles. The van der Waals surface area contributed by atoms with E-state index in [0.29, 0.717) is 13.0 Å². The fourth-order valence-electron chi connectivity index (χ4n) is 1.26. The molecule has 1 aliphatic rings. The van der Waals surface area contributed by atoms with Crippen molar-refractivity contribution in [1.82, 2.24) is 9.80 Å². The van der Waals surface area contributed by atoms with Gasteiger partial charge >= 0.3 is 0 Å². The first-order chi connectivity index (χ1) is 6.00. The summed E-state index contributed by atoms with van der Waals surface area (Å²) in [5.41, 5.74) is 5.58. The Morgan fingerprint density at radius 3 is 2.69 bits per heavy atom. The van der Waals surface area contributed by atoms with Crippen molar-refractivity contribution < 1.29 is 9.59 Å². The van der Waals surface area contributed by atoms with Crippen LogP contribution in [0.4, 0.5) is 0 Å². The van der Waals surface area contributed by atoms with Crippen LogP contribution in [-0.4, -0.2) is 54.8 Å². The van der Waals surface area contributed by atoms with Gasteiger partial charge in [0, 0.05) is 33.1 Å². The average molecular weight is 185 g/mol. The Kier molecular flexibility index (Phi) is 2.87. The molecular formula is C8H15N3O2. The van der Waals surface area contributed by atoms with Crippen molar-refractivity contribution >= 4 is 11.8 Å². The Morgan fingerprint density at radius 1 is 1.69 bits per heavy atom. The standard InChI is InChI=1S/C8H15N3O2/c1-10(2)8(13)5-11-4-6(9)3-7(11)12/h6H,3-5,9H2,1-2H3. The van der Waals surface area contributed by atoms with Crippen LogP contribution in [0.3, 0.4) is 0 Å². The largest absolute Gasteiger partial charge is 0.347 e. The van der Waals surface area contributed by atoms with Crippen molar-refractivity contribution in [2.24, 2.45) is 5.73 Å². The summed E-state index contributed by atoms with van der Waals surface area (Å²) in [7, 11) is 3.34. The van der Waals surface area contributed by atoms with Crippen LogP contribution in [0.15, 0.2) is 0 Å². The SMILES string of the molecule is CN(C)C(=O)CN1CC(N)CC1=O. The van der Waals surface area contributed by atoms with E-state index in [1.165, 1.54) is 9.80 Å². The van der Waals surface area contributed by atoms with E-state index in [1.54, 1.807) is 14.1 Å². The number of hydrogen-bond donors (Lipinski definition) is 1. The molecule has 0 aromatic carbocycles. The average Bonchev–Trinajstić information content (AvgIpc) is 2.30. The summed E-state index contributed by atoms with van der Waals surface area (Å²) in [6, 6.07) is -0.109. The maximum Gasteiger partial charge on any atom is 0.241 e. The van der Waals surface area contributed by atoms with E-state index in [2.05, 4.69) is 0 Å². The molecule has 1 unspecified atom stereocenters. The van der Waals surface area contributed by atoms with Crippen molar-refractivity contribution in [3.63, 3.8) is 0 Å². The molecule has 1 heterocycles. The predicted octanol–water partition coefficient (Wildman–Crippen LogP) is -1.37. The van der Waals surface area contributed by atoms with E-state index in [4.69, 9.17) is 5.73 Å². The smallest absolute Gasteiger partial charge is 0.241 e. The van der Waals surface area contributed by atoms with Gasteiger partial charge in [-0.2, -0.15) is 0 Å². The molecule has 1 atom stereocenters. The van der Waals surface area contributed by atoms with Crippen LogP contribution < -0.4 is 5.73 Å². The van der Waals surface area contributed by atoms with Crippen LogP contribution in [0, 0.1) is 0 Å². The van der Waals surface area contributed by atoms with Crippen molar-refractivity contribution in [2.75, 3.05) is 27.2 Å². The highest BCUT2D eigenvalue weighted by Crippen LogP contribution is 2.08. The number of carbonyl (C=O) groups is 2. The Balaban J connectivity index is 2.46. The summed E-state index contributed by atoms with van der Waals surface area (Å²) in [6.45, 7) is 0.651. The monoisotopic (exact) mass is 185 g/mol. The molecule has 1 aliphatic heterocycles. The highest BCUT2D eigenvalue weighted by molar-refractivity contribution is 5.86. The number of likely N-dealkylation sites (N-methyl/N-ethyl adjacent to an activating group) is 1. The molecule has 1 rings (SSSR count). The van der Waals surface area contributed by atoms with Gasteiger partial charge in [-0.15, -0.1) is 0 Å². The first-order valence-corrected chi connectivity index (χ1v) is 4.24. The molecule has 2 N–H and O–H groups in total. The van der Waals surface area contributed by atoms with E-state index in [0.717, 1.165) is 0 Å². The quantitative estimate of drug-likeness (QED) is 0.577. The van der Waals surface area contributed by atoms with Crippen LogP contribution in [0.25, 0.3) is 0 Å². The molecule has 1 fully saturated rings. The number of hydrogen-bond acceptors (Lipinski definition) is 3. The van der Waals surface area contributed by atoms with Gasteiger partial charge in [-0.05, 0) is 0 Å². The van der Waals surface area contributed by atoms with Crippen LogP contribution >= 0.6 is 0 Å². The summed E-state index contributed by atoms with van der Waals surface area (Å²) < 4.78 is 0. The topological polar surface area (TPSA) is 66.6 Å². The van der Waals surface area contributed by atoms with Gasteiger partial charge < -0.3 is 15.5 Å². The molecule has 0 aromatic rings. The predicted molar refractivity (Wildman–Crippen MR) is 47.9 cm³/mol. The van der Waals surface area contributed by atoms with Crippen LogP contribution in [0.1, 0.15) is 6.42 Å². The fraction of sp³-hybridized carbons (Fsp3) is 0.750. The third-order valence-electron chi connectivity index (χ3n) is 2.07. The van der Waals surface area contributed by atoms with Crippen LogP contribution in [0.5, 0.6) is 0 Å². The number of nitrogens with zero attached hydrogens (tertiary/aromatic N) is 2. The maximum atomic E-state index is 11.2. The van der Waals surface area contributed by atoms with Crippen LogP contribution in [0.2, 0.25) is 0 Å². The summed E-state index contributed by atoms with van der Waals surface area (Å²) in [5.74, 6) is -0.0925. The molecule has 0 bridgehead atoms. The van der Waals surface area contributed by atoms with Gasteiger partial charge in [-0.1, -0.05) is 0 Å². The number of likely N-dealkylation sites (tertiary alicyclic amines) is 1. The van der Waals surface area contributed by atoms with Crippen molar-refractivity contribution in [3.8, 4) is 0 Å². The first kappa shape index (κ1) is 9.98. The van der Waals surface area contributed by atoms with Gasteiger partial charge in [0.05, 0.1) is 6.54 Å². The highest BCUT2D eigenvalue weighted by Gasteiger charge is 2.28. The van der Waals surface area contributed by atoms with E-state index < -0.39 is 0 Å². The first-order valence-electron chi connectivity index (χ1n) is 4.24. The van der Waals surface area contributed by atoms with Gasteiger partial charge in [-0.25, -0.2) is 0 Å². The van der Waals surface area contributed by atoms with E-state index >= 15 is 0 Å². The van der Waals surface area contributed by atoms with Gasteiger partial charge in [0.15, 0.2) is 0 Å². The maximum absolute atomic E-state index is 11.2. The zero-order valence-corrected chi connectivity index (χ0v) is 7.99. The molecule has 0 aliphatic carbocycles. The van der Waals surface area contributed by atoms with Crippen molar-refractivity contribution in [3.05, 3.63) is 0 Å². The second-order valence-corrected chi connectivity index (χ2v) is 3.53. The Bertz CT molecular complexity index is 227. The molecule has 5 heteroatoms. The summed E-state index contributed by atoms with van der Waals surface area (Å²) in [5, 5.41) is 0. The molecular weight excluding hydrogens is 170 g/mol. The lowest BCUT2D eigenvalue weighted by Crippen LogP contribution is -2.38. The van der Waals surface area contributed by atoms with Gasteiger partial charge in [0.25, 0.3) is 0 Å². The third kappa shape index (κ3) is 2.42. The molecule has 74 valence electrons. The zero-order valence-electron chi connectivity index (χ0n) is 7.99. The minimum atomic E-state index is -0.109. The molecule has 2 amide bonds. The normalized spacial score (nSPS) is 22.2. The lowest BCUT2D eigenvalue weighted by atomic mass is 10.3. The van der Waals surface area contributed by atoms with E-state index in [1.807, 2.05) is 0 Å². The lowest BCUT2D eigenvalue weighted by molar-refractivity contribution is -0.136. The number of carbonyl (C=O) groups excluding carboxylic acids is 2. The number of nitrogens with two attached hydrogens (primary N) is 1. The van der Waals surface area contributed by atoms with Gasteiger partial charge in [0.1, 0.15) is 0 Å². The molecule has 0 aromatic heterocycles. The molecule has 0 saturated carbocycles. The summed E-state index contributed by atoms with van der Waals surface area (Å²) in [6.07, 6.45) is 0.362. The number of rotatable bonds is 2. The zero-order chi connectivity index (χ0) is 10.0. The third-order valence-corrected chi connectivity index (χ3v) is 2.07. The minimum absolute atomic E-state index is 0.0253. The highest BCUT2D eigenvalue weighted by atomic mass is 16.2. The second kappa shape index (κ2) is 3.74.